The van der Waals surface area contributed by atoms with Crippen molar-refractivity contribution in [3.8, 4) is 11.1 Å². The zero-order valence-electron chi connectivity index (χ0n) is 13.7. The molecule has 0 saturated heterocycles. The number of pyridine rings is 1. The summed E-state index contributed by atoms with van der Waals surface area (Å²) in [6.07, 6.45) is -4.04. The minimum Gasteiger partial charge on any atom is -0.465 e. The molecule has 0 aliphatic heterocycles. The highest BCUT2D eigenvalue weighted by atomic mass is 19.4. The highest BCUT2D eigenvalue weighted by Crippen LogP contribution is 2.33. The number of hydrogen-bond donors (Lipinski definition) is 2. The van der Waals surface area contributed by atoms with Crippen LogP contribution in [0.3, 0.4) is 0 Å². The lowest BCUT2D eigenvalue weighted by Crippen LogP contribution is -2.33. The van der Waals surface area contributed by atoms with Crippen molar-refractivity contribution in [2.45, 2.75) is 18.6 Å². The van der Waals surface area contributed by atoms with Crippen molar-refractivity contribution in [3.63, 3.8) is 0 Å². The van der Waals surface area contributed by atoms with E-state index in [1.807, 2.05) is 12.1 Å². The van der Waals surface area contributed by atoms with E-state index in [1.165, 1.54) is 0 Å². The number of carboxylic acid groups (broad SMARTS) is 1. The number of alkyl halides is 3. The van der Waals surface area contributed by atoms with E-state index in [9.17, 15) is 18.0 Å². The molecule has 26 heavy (non-hydrogen) atoms. The number of H-pyrrole nitrogens is 1. The fourth-order valence-electron chi connectivity index (χ4n) is 2.68. The standard InChI is InChI=1S/C17H15F3N4O2/c1-24(16(25)26)14(9-17(18,19)20)15-22-12-3-2-11(8-13(12)23-15)10-4-6-21-7-5-10/h2-8,14H,9H2,1H3,(H,22,23)(H,25,26). The first kappa shape index (κ1) is 17.7. The van der Waals surface area contributed by atoms with Crippen LogP contribution >= 0.6 is 0 Å². The summed E-state index contributed by atoms with van der Waals surface area (Å²) in [7, 11) is 1.09. The minimum atomic E-state index is -4.53. The Kier molecular flexibility index (Phi) is 4.54. The third kappa shape index (κ3) is 3.76. The van der Waals surface area contributed by atoms with Crippen molar-refractivity contribution < 1.29 is 23.1 Å². The average molecular weight is 364 g/mol. The number of amides is 1. The molecule has 0 radical (unpaired) electrons. The molecule has 0 aliphatic carbocycles. The SMILES string of the molecule is CN(C(=O)O)C(CC(F)(F)F)c1nc2ccc(-c3ccncc3)cc2[nH]1. The van der Waals surface area contributed by atoms with E-state index in [4.69, 9.17) is 5.11 Å². The van der Waals surface area contributed by atoms with Crippen LogP contribution in [0.15, 0.2) is 42.7 Å². The maximum absolute atomic E-state index is 12.9. The van der Waals surface area contributed by atoms with Gasteiger partial charge < -0.3 is 15.0 Å². The van der Waals surface area contributed by atoms with E-state index in [1.54, 1.807) is 30.6 Å². The number of fused-ring (bicyclic) bond motifs is 1. The van der Waals surface area contributed by atoms with Crippen LogP contribution in [-0.4, -0.2) is 44.3 Å². The molecular weight excluding hydrogens is 349 g/mol. The lowest BCUT2D eigenvalue weighted by Gasteiger charge is -2.24. The van der Waals surface area contributed by atoms with Gasteiger partial charge in [0.1, 0.15) is 11.9 Å². The zero-order chi connectivity index (χ0) is 18.9. The van der Waals surface area contributed by atoms with Crippen molar-refractivity contribution >= 4 is 17.1 Å². The third-order valence-corrected chi connectivity index (χ3v) is 4.02. The topological polar surface area (TPSA) is 82.1 Å². The quantitative estimate of drug-likeness (QED) is 0.726. The molecule has 2 aromatic heterocycles. The molecule has 3 rings (SSSR count). The van der Waals surface area contributed by atoms with Crippen molar-refractivity contribution in [2.75, 3.05) is 7.05 Å². The van der Waals surface area contributed by atoms with Gasteiger partial charge in [-0.3, -0.25) is 4.98 Å². The lowest BCUT2D eigenvalue weighted by molar-refractivity contribution is -0.146. The third-order valence-electron chi connectivity index (χ3n) is 4.02. The number of imidazole rings is 1. The zero-order valence-corrected chi connectivity index (χ0v) is 13.7. The molecule has 2 N–H and O–H groups in total. The first-order valence-corrected chi connectivity index (χ1v) is 7.67. The van der Waals surface area contributed by atoms with E-state index < -0.39 is 24.7 Å². The first-order chi connectivity index (χ1) is 12.2. The number of aromatic amines is 1. The van der Waals surface area contributed by atoms with Crippen LogP contribution in [0.25, 0.3) is 22.2 Å². The Labute approximate surface area is 146 Å². The first-order valence-electron chi connectivity index (χ1n) is 7.67. The van der Waals surface area contributed by atoms with Gasteiger partial charge in [0.05, 0.1) is 17.5 Å². The normalized spacial score (nSPS) is 12.9. The summed E-state index contributed by atoms with van der Waals surface area (Å²) in [6, 6.07) is 7.39. The molecule has 6 nitrogen and oxygen atoms in total. The number of nitrogens with one attached hydrogen (secondary N) is 1. The van der Waals surface area contributed by atoms with E-state index in [2.05, 4.69) is 15.0 Å². The molecule has 1 unspecified atom stereocenters. The average Bonchev–Trinajstić information content (AvgIpc) is 3.02. The minimum absolute atomic E-state index is 0.0471. The Morgan fingerprint density at radius 2 is 1.92 bits per heavy atom. The Hall–Kier alpha value is -3.10. The Morgan fingerprint density at radius 3 is 2.54 bits per heavy atom. The Morgan fingerprint density at radius 1 is 1.23 bits per heavy atom. The van der Waals surface area contributed by atoms with E-state index in [0.29, 0.717) is 15.9 Å². The molecule has 2 heterocycles. The van der Waals surface area contributed by atoms with Gasteiger partial charge >= 0.3 is 12.3 Å². The van der Waals surface area contributed by atoms with E-state index in [-0.39, 0.29) is 5.82 Å². The second kappa shape index (κ2) is 6.66. The fourth-order valence-corrected chi connectivity index (χ4v) is 2.68. The van der Waals surface area contributed by atoms with Crippen LogP contribution in [0.1, 0.15) is 18.3 Å². The van der Waals surface area contributed by atoms with Crippen LogP contribution < -0.4 is 0 Å². The molecule has 136 valence electrons. The highest BCUT2D eigenvalue weighted by Gasteiger charge is 2.37. The highest BCUT2D eigenvalue weighted by molar-refractivity contribution is 5.82. The smallest absolute Gasteiger partial charge is 0.407 e. The molecule has 1 amide bonds. The lowest BCUT2D eigenvalue weighted by atomic mass is 10.1. The van der Waals surface area contributed by atoms with Gasteiger partial charge in [0.25, 0.3) is 0 Å². The number of benzene rings is 1. The van der Waals surface area contributed by atoms with Crippen LogP contribution in [0.2, 0.25) is 0 Å². The number of halogens is 3. The number of carbonyl (C=O) groups is 1. The number of aromatic nitrogens is 3. The largest absolute Gasteiger partial charge is 0.465 e. The fraction of sp³-hybridized carbons (Fsp3) is 0.235. The molecule has 0 saturated carbocycles. The van der Waals surface area contributed by atoms with Crippen LogP contribution in [0, 0.1) is 0 Å². The van der Waals surface area contributed by atoms with Crippen LogP contribution in [-0.2, 0) is 0 Å². The number of hydrogen-bond acceptors (Lipinski definition) is 3. The van der Waals surface area contributed by atoms with Crippen LogP contribution in [0.5, 0.6) is 0 Å². The molecule has 1 atom stereocenters. The van der Waals surface area contributed by atoms with Gasteiger partial charge in [-0.2, -0.15) is 13.2 Å². The van der Waals surface area contributed by atoms with Gasteiger partial charge in [0.15, 0.2) is 0 Å². The summed E-state index contributed by atoms with van der Waals surface area (Å²) in [6.45, 7) is 0. The van der Waals surface area contributed by atoms with Crippen LogP contribution in [0.4, 0.5) is 18.0 Å². The van der Waals surface area contributed by atoms with Gasteiger partial charge in [-0.1, -0.05) is 6.07 Å². The van der Waals surface area contributed by atoms with E-state index in [0.717, 1.165) is 18.2 Å². The summed E-state index contributed by atoms with van der Waals surface area (Å²) in [4.78, 5) is 22.7. The molecular formula is C17H15F3N4O2. The maximum atomic E-state index is 12.9. The van der Waals surface area contributed by atoms with Crippen molar-refractivity contribution in [3.05, 3.63) is 48.5 Å². The molecule has 0 fully saturated rings. The predicted molar refractivity (Wildman–Crippen MR) is 88.5 cm³/mol. The monoisotopic (exact) mass is 364 g/mol. The second-order valence-corrected chi connectivity index (χ2v) is 5.82. The number of rotatable bonds is 4. The van der Waals surface area contributed by atoms with Gasteiger partial charge in [0, 0.05) is 19.4 Å². The predicted octanol–water partition coefficient (Wildman–Crippen LogP) is 4.23. The molecule has 9 heteroatoms. The van der Waals surface area contributed by atoms with E-state index >= 15 is 0 Å². The molecule has 3 aromatic rings. The number of nitrogens with zero attached hydrogens (tertiary/aromatic N) is 3. The van der Waals surface area contributed by atoms with Gasteiger partial charge in [-0.05, 0) is 35.4 Å². The van der Waals surface area contributed by atoms with Crippen molar-refractivity contribution in [1.29, 1.82) is 0 Å². The van der Waals surface area contributed by atoms with Gasteiger partial charge in [-0.25, -0.2) is 9.78 Å². The van der Waals surface area contributed by atoms with Crippen molar-refractivity contribution in [1.82, 2.24) is 19.9 Å². The molecule has 0 bridgehead atoms. The summed E-state index contributed by atoms with van der Waals surface area (Å²) < 4.78 is 38.7. The van der Waals surface area contributed by atoms with Crippen molar-refractivity contribution in [2.24, 2.45) is 0 Å². The summed E-state index contributed by atoms with van der Waals surface area (Å²) in [5.74, 6) is -0.0471. The molecule has 1 aromatic carbocycles. The van der Waals surface area contributed by atoms with Gasteiger partial charge in [0.2, 0.25) is 0 Å². The summed E-state index contributed by atoms with van der Waals surface area (Å²) in [5, 5.41) is 9.09. The second-order valence-electron chi connectivity index (χ2n) is 5.82. The Balaban J connectivity index is 2.01. The Bertz CT molecular complexity index is 925. The molecule has 0 aliphatic rings. The van der Waals surface area contributed by atoms with Gasteiger partial charge in [-0.15, -0.1) is 0 Å². The maximum Gasteiger partial charge on any atom is 0.407 e. The molecule has 0 spiro atoms. The summed E-state index contributed by atoms with van der Waals surface area (Å²) >= 11 is 0. The summed E-state index contributed by atoms with van der Waals surface area (Å²) in [5.41, 5.74) is 2.73.